The third-order valence-corrected chi connectivity index (χ3v) is 5.65. The van der Waals surface area contributed by atoms with Crippen molar-refractivity contribution in [3.8, 4) is 0 Å². The van der Waals surface area contributed by atoms with E-state index < -0.39 is 0 Å². The molecule has 5 heteroatoms. The minimum Gasteiger partial charge on any atom is -0.393 e. The second kappa shape index (κ2) is 9.14. The highest BCUT2D eigenvalue weighted by atomic mass is 16.3. The molecule has 0 radical (unpaired) electrons. The van der Waals surface area contributed by atoms with Gasteiger partial charge in [-0.1, -0.05) is 42.5 Å². The summed E-state index contributed by atoms with van der Waals surface area (Å²) in [5, 5.41) is 14.0. The number of carbonyl (C=O) groups excluding carboxylic acids is 1. The maximum atomic E-state index is 12.6. The highest BCUT2D eigenvalue weighted by Crippen LogP contribution is 2.22. The largest absolute Gasteiger partial charge is 0.393 e. The molecule has 2 N–H and O–H groups in total. The molecule has 1 aliphatic rings. The third-order valence-electron chi connectivity index (χ3n) is 5.65. The van der Waals surface area contributed by atoms with Crippen LogP contribution >= 0.6 is 0 Å². The second-order valence-corrected chi connectivity index (χ2v) is 7.88. The van der Waals surface area contributed by atoms with Gasteiger partial charge >= 0.3 is 0 Å². The molecule has 1 fully saturated rings. The zero-order chi connectivity index (χ0) is 20.1. The molecule has 0 aliphatic heterocycles. The number of aliphatic hydroxyl groups excluding tert-OH is 1. The fourth-order valence-corrected chi connectivity index (χ4v) is 3.91. The number of hydrogen-bond acceptors (Lipinski definition) is 5. The van der Waals surface area contributed by atoms with Crippen molar-refractivity contribution in [2.24, 2.45) is 0 Å². The summed E-state index contributed by atoms with van der Waals surface area (Å²) in [4.78, 5) is 21.7. The first-order chi connectivity index (χ1) is 14.2. The summed E-state index contributed by atoms with van der Waals surface area (Å²) >= 11 is 0. The number of aryl methyl sites for hydroxylation is 1. The molecular weight excluding hydrogens is 362 g/mol. The van der Waals surface area contributed by atoms with E-state index in [1.165, 1.54) is 5.56 Å². The Kier molecular flexibility index (Phi) is 6.15. The Hall–Kier alpha value is -2.79. The lowest BCUT2D eigenvalue weighted by atomic mass is 9.93. The summed E-state index contributed by atoms with van der Waals surface area (Å²) in [6, 6.07) is 16.2. The molecule has 0 saturated heterocycles. The van der Waals surface area contributed by atoms with Gasteiger partial charge < -0.3 is 10.4 Å². The van der Waals surface area contributed by atoms with Crippen molar-refractivity contribution in [1.29, 1.82) is 0 Å². The van der Waals surface area contributed by atoms with Crippen molar-refractivity contribution in [2.45, 2.75) is 57.1 Å². The Morgan fingerprint density at radius 1 is 1.07 bits per heavy atom. The molecule has 1 heterocycles. The van der Waals surface area contributed by atoms with Gasteiger partial charge in [0.1, 0.15) is 0 Å². The van der Waals surface area contributed by atoms with Crippen molar-refractivity contribution < 1.29 is 9.90 Å². The van der Waals surface area contributed by atoms with E-state index in [0.717, 1.165) is 49.4 Å². The minimum absolute atomic E-state index is 0.150. The SMILES string of the molecule is O=C(CCCc1ccccc1)c1ccc2cnc(NC3CCC(O)CC3)nc2c1. The van der Waals surface area contributed by atoms with Gasteiger partial charge in [0.05, 0.1) is 11.6 Å². The average molecular weight is 389 g/mol. The van der Waals surface area contributed by atoms with E-state index in [9.17, 15) is 9.90 Å². The minimum atomic E-state index is -0.180. The number of fused-ring (bicyclic) bond motifs is 1. The Balaban J connectivity index is 1.40. The van der Waals surface area contributed by atoms with Crippen LogP contribution in [0, 0.1) is 0 Å². The molecule has 2 aromatic carbocycles. The van der Waals surface area contributed by atoms with Crippen LogP contribution < -0.4 is 5.32 Å². The van der Waals surface area contributed by atoms with Crippen LogP contribution in [0.15, 0.2) is 54.7 Å². The lowest BCUT2D eigenvalue weighted by Gasteiger charge is -2.26. The molecule has 0 amide bonds. The molecule has 3 aromatic rings. The van der Waals surface area contributed by atoms with Crippen LogP contribution in [0.1, 0.15) is 54.4 Å². The Labute approximate surface area is 171 Å². The molecule has 0 unspecified atom stereocenters. The monoisotopic (exact) mass is 389 g/mol. The van der Waals surface area contributed by atoms with Crippen molar-refractivity contribution in [3.63, 3.8) is 0 Å². The number of hydrogen-bond donors (Lipinski definition) is 2. The first-order valence-electron chi connectivity index (χ1n) is 10.5. The van der Waals surface area contributed by atoms with E-state index in [0.29, 0.717) is 24.0 Å². The van der Waals surface area contributed by atoms with Crippen LogP contribution in [-0.2, 0) is 6.42 Å². The van der Waals surface area contributed by atoms with Crippen LogP contribution in [-0.4, -0.2) is 33.0 Å². The molecule has 5 nitrogen and oxygen atoms in total. The number of Topliss-reactive ketones (excluding diaryl/α,β-unsaturated/α-hetero) is 1. The summed E-state index contributed by atoms with van der Waals surface area (Å²) in [7, 11) is 0. The number of benzene rings is 2. The maximum Gasteiger partial charge on any atom is 0.223 e. The molecule has 0 atom stereocenters. The summed E-state index contributed by atoms with van der Waals surface area (Å²) in [6.45, 7) is 0. The van der Waals surface area contributed by atoms with E-state index in [4.69, 9.17) is 0 Å². The van der Waals surface area contributed by atoms with Crippen molar-refractivity contribution >= 4 is 22.6 Å². The Bertz CT molecular complexity index is 966. The number of nitrogens with zero attached hydrogens (tertiary/aromatic N) is 2. The zero-order valence-corrected chi connectivity index (χ0v) is 16.6. The number of aromatic nitrogens is 2. The number of rotatable bonds is 7. The highest BCUT2D eigenvalue weighted by Gasteiger charge is 2.20. The first kappa shape index (κ1) is 19.5. The third kappa shape index (κ3) is 5.18. The number of aliphatic hydroxyl groups is 1. The molecular formula is C24H27N3O2. The van der Waals surface area contributed by atoms with Gasteiger partial charge in [-0.15, -0.1) is 0 Å². The lowest BCUT2D eigenvalue weighted by Crippen LogP contribution is -2.28. The molecule has 1 saturated carbocycles. The quantitative estimate of drug-likeness (QED) is 0.580. The topological polar surface area (TPSA) is 75.1 Å². The summed E-state index contributed by atoms with van der Waals surface area (Å²) in [5.74, 6) is 0.741. The Morgan fingerprint density at radius 3 is 2.66 bits per heavy atom. The van der Waals surface area contributed by atoms with Gasteiger partial charge in [-0.05, 0) is 50.2 Å². The fourth-order valence-electron chi connectivity index (χ4n) is 3.91. The first-order valence-corrected chi connectivity index (χ1v) is 10.5. The van der Waals surface area contributed by atoms with Crippen LogP contribution in [0.2, 0.25) is 0 Å². The van der Waals surface area contributed by atoms with Gasteiger partial charge in [0, 0.05) is 29.6 Å². The van der Waals surface area contributed by atoms with E-state index in [1.54, 1.807) is 6.20 Å². The molecule has 150 valence electrons. The predicted molar refractivity (Wildman–Crippen MR) is 115 cm³/mol. The van der Waals surface area contributed by atoms with Gasteiger partial charge in [-0.25, -0.2) is 9.97 Å². The number of ketones is 1. The van der Waals surface area contributed by atoms with E-state index in [1.807, 2.05) is 36.4 Å². The molecule has 0 bridgehead atoms. The zero-order valence-electron chi connectivity index (χ0n) is 16.6. The summed E-state index contributed by atoms with van der Waals surface area (Å²) in [6.07, 6.45) is 7.36. The van der Waals surface area contributed by atoms with Gasteiger partial charge in [0.2, 0.25) is 5.95 Å². The van der Waals surface area contributed by atoms with Crippen molar-refractivity contribution in [1.82, 2.24) is 9.97 Å². The van der Waals surface area contributed by atoms with E-state index >= 15 is 0 Å². The van der Waals surface area contributed by atoms with Gasteiger partial charge in [-0.2, -0.15) is 0 Å². The summed E-state index contributed by atoms with van der Waals surface area (Å²) in [5.41, 5.74) is 2.75. The standard InChI is InChI=1S/C24H27N3O2/c28-21-13-11-20(12-14-21)26-24-25-16-19-10-9-18(15-22(19)27-24)23(29)8-4-7-17-5-2-1-3-6-17/h1-3,5-6,9-10,15-16,20-21,28H,4,7-8,11-14H2,(H,25,26,27). The smallest absolute Gasteiger partial charge is 0.223 e. The van der Waals surface area contributed by atoms with Gasteiger partial charge in [0.15, 0.2) is 5.78 Å². The van der Waals surface area contributed by atoms with Gasteiger partial charge in [0.25, 0.3) is 0 Å². The molecule has 29 heavy (non-hydrogen) atoms. The van der Waals surface area contributed by atoms with Crippen LogP contribution in [0.3, 0.4) is 0 Å². The Morgan fingerprint density at radius 2 is 1.86 bits per heavy atom. The molecule has 0 spiro atoms. The van der Waals surface area contributed by atoms with Crippen LogP contribution in [0.5, 0.6) is 0 Å². The van der Waals surface area contributed by atoms with Crippen LogP contribution in [0.25, 0.3) is 10.9 Å². The van der Waals surface area contributed by atoms with Crippen molar-refractivity contribution in [2.75, 3.05) is 5.32 Å². The van der Waals surface area contributed by atoms with Gasteiger partial charge in [-0.3, -0.25) is 4.79 Å². The molecule has 4 rings (SSSR count). The second-order valence-electron chi connectivity index (χ2n) is 7.88. The molecule has 1 aromatic heterocycles. The average Bonchev–Trinajstić information content (AvgIpc) is 2.75. The highest BCUT2D eigenvalue weighted by molar-refractivity contribution is 5.99. The van der Waals surface area contributed by atoms with Crippen molar-refractivity contribution in [3.05, 3.63) is 65.9 Å². The number of anilines is 1. The number of nitrogens with one attached hydrogen (secondary N) is 1. The fraction of sp³-hybridized carbons (Fsp3) is 0.375. The number of carbonyl (C=O) groups is 1. The maximum absolute atomic E-state index is 12.6. The van der Waals surface area contributed by atoms with E-state index in [2.05, 4.69) is 27.4 Å². The lowest BCUT2D eigenvalue weighted by molar-refractivity contribution is 0.0980. The van der Waals surface area contributed by atoms with Crippen LogP contribution in [0.4, 0.5) is 5.95 Å². The predicted octanol–water partition coefficient (Wildman–Crippen LogP) is 4.55. The summed E-state index contributed by atoms with van der Waals surface area (Å²) < 4.78 is 0. The normalized spacial score (nSPS) is 19.2. The molecule has 1 aliphatic carbocycles. The van der Waals surface area contributed by atoms with E-state index in [-0.39, 0.29) is 11.9 Å².